The standard InChI is InChI=1S/C15H23ClN2O/c1-17-12-14-4-2-9-18(14)10-3-11-19-15-7-5-13(16)6-8-15/h5-8,14,17H,2-4,9-12H2,1H3. The number of halogens is 1. The van der Waals surface area contributed by atoms with E-state index in [1.54, 1.807) is 0 Å². The van der Waals surface area contributed by atoms with Crippen molar-refractivity contribution in [2.24, 2.45) is 0 Å². The number of likely N-dealkylation sites (tertiary alicyclic amines) is 1. The van der Waals surface area contributed by atoms with Crippen LogP contribution in [0.3, 0.4) is 0 Å². The topological polar surface area (TPSA) is 24.5 Å². The summed E-state index contributed by atoms with van der Waals surface area (Å²) in [7, 11) is 2.03. The van der Waals surface area contributed by atoms with Gasteiger partial charge in [-0.05, 0) is 57.1 Å². The minimum Gasteiger partial charge on any atom is -0.494 e. The van der Waals surface area contributed by atoms with E-state index in [1.165, 1.54) is 19.4 Å². The average Bonchev–Trinajstić information content (AvgIpc) is 2.85. The molecule has 0 spiro atoms. The van der Waals surface area contributed by atoms with Gasteiger partial charge in [-0.15, -0.1) is 0 Å². The molecular weight excluding hydrogens is 260 g/mol. The lowest BCUT2D eigenvalue weighted by Crippen LogP contribution is -2.37. The molecule has 1 heterocycles. The monoisotopic (exact) mass is 282 g/mol. The summed E-state index contributed by atoms with van der Waals surface area (Å²) < 4.78 is 5.72. The molecule has 0 aromatic heterocycles. The van der Waals surface area contributed by atoms with Crippen molar-refractivity contribution < 1.29 is 4.74 Å². The van der Waals surface area contributed by atoms with Crippen LogP contribution in [0.2, 0.25) is 5.02 Å². The number of likely N-dealkylation sites (N-methyl/N-ethyl adjacent to an activating group) is 1. The van der Waals surface area contributed by atoms with Crippen molar-refractivity contribution in [1.82, 2.24) is 10.2 Å². The van der Waals surface area contributed by atoms with Crippen molar-refractivity contribution in [2.75, 3.05) is 33.3 Å². The highest BCUT2D eigenvalue weighted by atomic mass is 35.5. The quantitative estimate of drug-likeness (QED) is 0.779. The molecule has 1 aliphatic rings. The molecule has 0 bridgehead atoms. The molecule has 1 saturated heterocycles. The number of rotatable bonds is 7. The van der Waals surface area contributed by atoms with Crippen LogP contribution < -0.4 is 10.1 Å². The molecule has 19 heavy (non-hydrogen) atoms. The Morgan fingerprint density at radius 1 is 1.37 bits per heavy atom. The fraction of sp³-hybridized carbons (Fsp3) is 0.600. The first kappa shape index (κ1) is 14.6. The van der Waals surface area contributed by atoms with Crippen LogP contribution in [0.1, 0.15) is 19.3 Å². The Labute approximate surface area is 120 Å². The normalized spacial score (nSPS) is 19.8. The van der Waals surface area contributed by atoms with Crippen LogP contribution >= 0.6 is 11.6 Å². The van der Waals surface area contributed by atoms with E-state index in [0.717, 1.165) is 36.9 Å². The zero-order valence-electron chi connectivity index (χ0n) is 11.6. The van der Waals surface area contributed by atoms with Gasteiger partial charge in [0.2, 0.25) is 0 Å². The average molecular weight is 283 g/mol. The predicted octanol–water partition coefficient (Wildman–Crippen LogP) is 2.79. The first-order valence-corrected chi connectivity index (χ1v) is 7.44. The molecule has 4 heteroatoms. The first-order valence-electron chi connectivity index (χ1n) is 7.06. The van der Waals surface area contributed by atoms with Crippen molar-refractivity contribution >= 4 is 11.6 Å². The zero-order chi connectivity index (χ0) is 13.5. The fourth-order valence-electron chi connectivity index (χ4n) is 2.64. The maximum absolute atomic E-state index is 5.84. The highest BCUT2D eigenvalue weighted by Crippen LogP contribution is 2.18. The largest absolute Gasteiger partial charge is 0.494 e. The highest BCUT2D eigenvalue weighted by Gasteiger charge is 2.22. The van der Waals surface area contributed by atoms with Crippen LogP contribution in [0.5, 0.6) is 5.75 Å². The van der Waals surface area contributed by atoms with Gasteiger partial charge in [0.1, 0.15) is 5.75 Å². The van der Waals surface area contributed by atoms with Gasteiger partial charge in [-0.2, -0.15) is 0 Å². The molecule has 0 aliphatic carbocycles. The predicted molar refractivity (Wildman–Crippen MR) is 80.1 cm³/mol. The molecule has 1 N–H and O–H groups in total. The first-order chi connectivity index (χ1) is 9.29. The lowest BCUT2D eigenvalue weighted by atomic mass is 10.2. The Bertz CT molecular complexity index is 369. The maximum Gasteiger partial charge on any atom is 0.119 e. The number of nitrogens with one attached hydrogen (secondary N) is 1. The number of benzene rings is 1. The third-order valence-electron chi connectivity index (χ3n) is 3.61. The van der Waals surface area contributed by atoms with E-state index >= 15 is 0 Å². The Hall–Kier alpha value is -0.770. The summed E-state index contributed by atoms with van der Waals surface area (Å²) in [4.78, 5) is 2.57. The van der Waals surface area contributed by atoms with Crippen molar-refractivity contribution in [3.63, 3.8) is 0 Å². The summed E-state index contributed by atoms with van der Waals surface area (Å²) >= 11 is 5.84. The van der Waals surface area contributed by atoms with Gasteiger partial charge in [0, 0.05) is 24.2 Å². The number of ether oxygens (including phenoxy) is 1. The summed E-state index contributed by atoms with van der Waals surface area (Å²) in [6.45, 7) is 4.22. The Kier molecular flexibility index (Phi) is 5.95. The molecular formula is C15H23ClN2O. The van der Waals surface area contributed by atoms with Crippen molar-refractivity contribution in [1.29, 1.82) is 0 Å². The van der Waals surface area contributed by atoms with Gasteiger partial charge in [-0.3, -0.25) is 4.90 Å². The van der Waals surface area contributed by atoms with Gasteiger partial charge >= 0.3 is 0 Å². The van der Waals surface area contributed by atoms with Crippen LogP contribution in [-0.2, 0) is 0 Å². The van der Waals surface area contributed by atoms with Gasteiger partial charge in [0.15, 0.2) is 0 Å². The zero-order valence-corrected chi connectivity index (χ0v) is 12.3. The second-order valence-electron chi connectivity index (χ2n) is 5.05. The SMILES string of the molecule is CNCC1CCCN1CCCOc1ccc(Cl)cc1. The Morgan fingerprint density at radius 3 is 2.89 bits per heavy atom. The third kappa shape index (κ3) is 4.68. The molecule has 0 amide bonds. The van der Waals surface area contributed by atoms with E-state index in [1.807, 2.05) is 31.3 Å². The van der Waals surface area contributed by atoms with Crippen molar-refractivity contribution in [2.45, 2.75) is 25.3 Å². The molecule has 1 aliphatic heterocycles. The number of hydrogen-bond donors (Lipinski definition) is 1. The van der Waals surface area contributed by atoms with Crippen molar-refractivity contribution in [3.05, 3.63) is 29.3 Å². The minimum atomic E-state index is 0.709. The van der Waals surface area contributed by atoms with E-state index in [9.17, 15) is 0 Å². The molecule has 1 aromatic carbocycles. The molecule has 1 aromatic rings. The third-order valence-corrected chi connectivity index (χ3v) is 3.86. The molecule has 0 radical (unpaired) electrons. The number of nitrogens with zero attached hydrogens (tertiary/aromatic N) is 1. The number of hydrogen-bond acceptors (Lipinski definition) is 3. The highest BCUT2D eigenvalue weighted by molar-refractivity contribution is 6.30. The van der Waals surface area contributed by atoms with Gasteiger partial charge in [0.25, 0.3) is 0 Å². The summed E-state index contributed by atoms with van der Waals surface area (Å²) in [6.07, 6.45) is 3.71. The summed E-state index contributed by atoms with van der Waals surface area (Å²) in [5.74, 6) is 0.901. The van der Waals surface area contributed by atoms with Crippen LogP contribution in [-0.4, -0.2) is 44.2 Å². The van der Waals surface area contributed by atoms with E-state index in [-0.39, 0.29) is 0 Å². The van der Waals surface area contributed by atoms with Gasteiger partial charge in [0.05, 0.1) is 6.61 Å². The fourth-order valence-corrected chi connectivity index (χ4v) is 2.77. The van der Waals surface area contributed by atoms with E-state index in [4.69, 9.17) is 16.3 Å². The van der Waals surface area contributed by atoms with Gasteiger partial charge in [-0.1, -0.05) is 11.6 Å². The molecule has 3 nitrogen and oxygen atoms in total. The van der Waals surface area contributed by atoms with Crippen LogP contribution in [0.4, 0.5) is 0 Å². The molecule has 1 fully saturated rings. The van der Waals surface area contributed by atoms with E-state index < -0.39 is 0 Å². The summed E-state index contributed by atoms with van der Waals surface area (Å²) in [5, 5.41) is 4.03. The maximum atomic E-state index is 5.84. The van der Waals surface area contributed by atoms with Gasteiger partial charge < -0.3 is 10.1 Å². The van der Waals surface area contributed by atoms with E-state index in [0.29, 0.717) is 6.04 Å². The van der Waals surface area contributed by atoms with Crippen LogP contribution in [0.15, 0.2) is 24.3 Å². The Morgan fingerprint density at radius 2 is 2.16 bits per heavy atom. The second-order valence-corrected chi connectivity index (χ2v) is 5.48. The van der Waals surface area contributed by atoms with Crippen LogP contribution in [0, 0.1) is 0 Å². The van der Waals surface area contributed by atoms with E-state index in [2.05, 4.69) is 10.2 Å². The minimum absolute atomic E-state index is 0.709. The second kappa shape index (κ2) is 7.73. The molecule has 2 rings (SSSR count). The molecule has 1 atom stereocenters. The van der Waals surface area contributed by atoms with Crippen molar-refractivity contribution in [3.8, 4) is 5.75 Å². The molecule has 106 valence electrons. The van der Waals surface area contributed by atoms with Crippen LogP contribution in [0.25, 0.3) is 0 Å². The van der Waals surface area contributed by atoms with Gasteiger partial charge in [-0.25, -0.2) is 0 Å². The molecule has 1 unspecified atom stereocenters. The smallest absolute Gasteiger partial charge is 0.119 e. The molecule has 0 saturated carbocycles. The lowest BCUT2D eigenvalue weighted by Gasteiger charge is -2.24. The lowest BCUT2D eigenvalue weighted by molar-refractivity contribution is 0.219. The summed E-state index contributed by atoms with van der Waals surface area (Å²) in [6, 6.07) is 8.27. The Balaban J connectivity index is 1.65. The summed E-state index contributed by atoms with van der Waals surface area (Å²) in [5.41, 5.74) is 0.